The van der Waals surface area contributed by atoms with E-state index in [0.717, 1.165) is 64.6 Å². The summed E-state index contributed by atoms with van der Waals surface area (Å²) in [6.07, 6.45) is 2.82. The molecule has 2 aliphatic heterocycles. The van der Waals surface area contributed by atoms with Gasteiger partial charge < -0.3 is 27.2 Å². The normalized spacial score (nSPS) is 22.9. The molecule has 0 spiro atoms. The molecule has 2 rings (SSSR count). The molecule has 9 heteroatoms. The Labute approximate surface area is 168 Å². The molecule has 6 nitrogen and oxygen atoms in total. The summed E-state index contributed by atoms with van der Waals surface area (Å²) in [5.74, 6) is 0. The number of hydrogen-bond donors (Lipinski definition) is 0. The van der Waals surface area contributed by atoms with E-state index in [0.29, 0.717) is 12.2 Å². The Morgan fingerprint density at radius 1 is 0.704 bits per heavy atom. The molecular formula is C18H40O6Si3. The molecule has 0 amide bonds. The molecule has 0 radical (unpaired) electrons. The van der Waals surface area contributed by atoms with Crippen molar-refractivity contribution in [2.45, 2.75) is 76.4 Å². The molecule has 160 valence electrons. The van der Waals surface area contributed by atoms with Gasteiger partial charge >= 0.3 is 8.56 Å². The summed E-state index contributed by atoms with van der Waals surface area (Å²) in [4.78, 5) is 0. The van der Waals surface area contributed by atoms with Gasteiger partial charge in [0.25, 0.3) is 0 Å². The van der Waals surface area contributed by atoms with E-state index in [4.69, 9.17) is 27.2 Å². The predicted molar refractivity (Wildman–Crippen MR) is 115 cm³/mol. The third-order valence-corrected chi connectivity index (χ3v) is 16.1. The van der Waals surface area contributed by atoms with Gasteiger partial charge in [-0.3, -0.25) is 0 Å². The molecule has 2 unspecified atom stereocenters. The number of hydrogen-bond acceptors (Lipinski definition) is 6. The monoisotopic (exact) mass is 436 g/mol. The highest BCUT2D eigenvalue weighted by Crippen LogP contribution is 2.26. The fraction of sp³-hybridized carbons (Fsp3) is 1.00. The van der Waals surface area contributed by atoms with Gasteiger partial charge in [-0.05, 0) is 64.2 Å². The van der Waals surface area contributed by atoms with E-state index in [1.54, 1.807) is 0 Å². The van der Waals surface area contributed by atoms with Gasteiger partial charge in [-0.1, -0.05) is 0 Å². The third kappa shape index (κ3) is 11.9. The van der Waals surface area contributed by atoms with E-state index >= 15 is 0 Å². The predicted octanol–water partition coefficient (Wildman–Crippen LogP) is 3.74. The van der Waals surface area contributed by atoms with Crippen LogP contribution >= 0.6 is 0 Å². The summed E-state index contributed by atoms with van der Waals surface area (Å²) in [6.45, 7) is 18.4. The maximum Gasteiger partial charge on any atom is 0.311 e. The van der Waals surface area contributed by atoms with Crippen molar-refractivity contribution in [3.63, 3.8) is 0 Å². The minimum Gasteiger partial charge on any atom is -0.437 e. The average Bonchev–Trinajstić information content (AvgIpc) is 3.39. The maximum absolute atomic E-state index is 6.63. The topological polar surface area (TPSA) is 62.0 Å². The fourth-order valence-electron chi connectivity index (χ4n) is 3.41. The van der Waals surface area contributed by atoms with Gasteiger partial charge in [-0.2, -0.15) is 0 Å². The van der Waals surface area contributed by atoms with E-state index in [1.807, 2.05) is 0 Å². The van der Waals surface area contributed by atoms with Crippen molar-refractivity contribution in [1.82, 2.24) is 0 Å². The van der Waals surface area contributed by atoms with Gasteiger partial charge in [0.2, 0.25) is 0 Å². The Hall–Kier alpha value is 0.411. The van der Waals surface area contributed by atoms with Gasteiger partial charge in [0.1, 0.15) is 12.2 Å². The van der Waals surface area contributed by atoms with Crippen LogP contribution in [0.15, 0.2) is 0 Å². The minimum absolute atomic E-state index is 0.353. The van der Waals surface area contributed by atoms with E-state index in [9.17, 15) is 0 Å². The largest absolute Gasteiger partial charge is 0.437 e. The molecule has 2 atom stereocenters. The molecule has 0 aliphatic carbocycles. The van der Waals surface area contributed by atoms with E-state index in [2.05, 4.69) is 39.3 Å². The Morgan fingerprint density at radius 2 is 1.07 bits per heavy atom. The van der Waals surface area contributed by atoms with Crippen molar-refractivity contribution in [3.8, 4) is 0 Å². The highest BCUT2D eigenvalue weighted by molar-refractivity contribution is 6.87. The first kappa shape index (κ1) is 23.7. The van der Waals surface area contributed by atoms with Crippen molar-refractivity contribution in [1.29, 1.82) is 0 Å². The third-order valence-electron chi connectivity index (χ3n) is 4.59. The van der Waals surface area contributed by atoms with Crippen LogP contribution < -0.4 is 0 Å². The first-order valence-electron chi connectivity index (χ1n) is 10.4. The van der Waals surface area contributed by atoms with Crippen LogP contribution in [0.3, 0.4) is 0 Å². The molecule has 2 aliphatic rings. The number of epoxide rings is 2. The second-order valence-corrected chi connectivity index (χ2v) is 21.9. The Kier molecular flexibility index (Phi) is 9.16. The lowest BCUT2D eigenvalue weighted by Gasteiger charge is -2.38. The first-order chi connectivity index (χ1) is 12.6. The lowest BCUT2D eigenvalue weighted by Crippen LogP contribution is -2.52. The molecule has 2 saturated heterocycles. The highest BCUT2D eigenvalue weighted by atomic mass is 28.5. The zero-order chi connectivity index (χ0) is 20.0. The standard InChI is InChI=1S/C18H40O6Si3/c1-25(2,11-7-9-19-13-17-15-21-17)23-27(5,6)24-26(3,4)12-8-10-20-14-18-16-22-18/h17-18H,7-16H2,1-6H3. The van der Waals surface area contributed by atoms with Crippen LogP contribution in [0, 0.1) is 0 Å². The second-order valence-electron chi connectivity index (χ2n) is 9.39. The van der Waals surface area contributed by atoms with Crippen LogP contribution in [0.25, 0.3) is 0 Å². The fourth-order valence-corrected chi connectivity index (χ4v) is 17.4. The molecule has 0 aromatic heterocycles. The maximum atomic E-state index is 6.63. The SMILES string of the molecule is C[Si](C)(CCCOCC1CO1)O[Si](C)(C)O[Si](C)(C)CCCOCC1CO1. The molecule has 0 aromatic carbocycles. The van der Waals surface area contributed by atoms with Crippen LogP contribution in [0.5, 0.6) is 0 Å². The first-order valence-corrected chi connectivity index (χ1v) is 19.4. The summed E-state index contributed by atoms with van der Waals surface area (Å²) in [7, 11) is -5.61. The molecule has 27 heavy (non-hydrogen) atoms. The molecular weight excluding hydrogens is 396 g/mol. The Bertz CT molecular complexity index is 401. The van der Waals surface area contributed by atoms with E-state index in [-0.39, 0.29) is 0 Å². The lowest BCUT2D eigenvalue weighted by atomic mass is 10.5. The van der Waals surface area contributed by atoms with Gasteiger partial charge in [0.15, 0.2) is 16.6 Å². The Morgan fingerprint density at radius 3 is 1.41 bits per heavy atom. The van der Waals surface area contributed by atoms with Crippen molar-refractivity contribution in [2.24, 2.45) is 0 Å². The van der Waals surface area contributed by atoms with Crippen LogP contribution in [-0.2, 0) is 27.2 Å². The second kappa shape index (κ2) is 10.4. The highest BCUT2D eigenvalue weighted by Gasteiger charge is 2.39. The van der Waals surface area contributed by atoms with Crippen LogP contribution in [0.2, 0.25) is 51.4 Å². The van der Waals surface area contributed by atoms with E-state index < -0.39 is 25.2 Å². The van der Waals surface area contributed by atoms with Gasteiger partial charge in [-0.15, -0.1) is 0 Å². The van der Waals surface area contributed by atoms with Crippen LogP contribution in [-0.4, -0.2) is 77.0 Å². The van der Waals surface area contributed by atoms with Crippen molar-refractivity contribution in [2.75, 3.05) is 39.6 Å². The lowest BCUT2D eigenvalue weighted by molar-refractivity contribution is 0.116. The molecule has 2 fully saturated rings. The zero-order valence-corrected chi connectivity index (χ0v) is 21.2. The summed E-state index contributed by atoms with van der Waals surface area (Å²) < 4.78 is 34.9. The summed E-state index contributed by atoms with van der Waals surface area (Å²) >= 11 is 0. The molecule has 0 N–H and O–H groups in total. The number of rotatable bonds is 16. The molecule has 2 heterocycles. The molecule has 0 saturated carbocycles. The van der Waals surface area contributed by atoms with Crippen LogP contribution in [0.1, 0.15) is 12.8 Å². The van der Waals surface area contributed by atoms with Crippen molar-refractivity contribution in [3.05, 3.63) is 0 Å². The smallest absolute Gasteiger partial charge is 0.311 e. The summed E-state index contributed by atoms with van der Waals surface area (Å²) in [6, 6.07) is 2.22. The minimum atomic E-state index is -2.13. The van der Waals surface area contributed by atoms with Gasteiger partial charge in [0, 0.05) is 13.2 Å². The summed E-state index contributed by atoms with van der Waals surface area (Å²) in [5, 5.41) is 0. The van der Waals surface area contributed by atoms with Gasteiger partial charge in [-0.25, -0.2) is 0 Å². The zero-order valence-electron chi connectivity index (χ0n) is 18.2. The molecule has 0 bridgehead atoms. The van der Waals surface area contributed by atoms with Gasteiger partial charge in [0.05, 0.1) is 26.4 Å². The number of ether oxygens (including phenoxy) is 4. The quantitative estimate of drug-likeness (QED) is 0.209. The van der Waals surface area contributed by atoms with Crippen molar-refractivity contribution < 1.29 is 27.2 Å². The van der Waals surface area contributed by atoms with Crippen molar-refractivity contribution >= 4 is 25.2 Å². The Balaban J connectivity index is 1.60. The summed E-state index contributed by atoms with van der Waals surface area (Å²) in [5.41, 5.74) is 0. The molecule has 0 aromatic rings. The average molecular weight is 437 g/mol. The van der Waals surface area contributed by atoms with E-state index in [1.165, 1.54) is 0 Å². The van der Waals surface area contributed by atoms with Crippen LogP contribution in [0.4, 0.5) is 0 Å².